The largest absolute Gasteiger partial charge is 0.508 e. The van der Waals surface area contributed by atoms with Gasteiger partial charge in [-0.15, -0.1) is 0 Å². The summed E-state index contributed by atoms with van der Waals surface area (Å²) >= 11 is 0. The van der Waals surface area contributed by atoms with Crippen LogP contribution in [-0.4, -0.2) is 18.1 Å². The molecule has 5 nitrogen and oxygen atoms in total. The summed E-state index contributed by atoms with van der Waals surface area (Å²) in [5, 5.41) is 12.2. The predicted molar refractivity (Wildman–Crippen MR) is 90.0 cm³/mol. The number of ether oxygens (including phenoxy) is 1. The van der Waals surface area contributed by atoms with E-state index in [0.29, 0.717) is 12.3 Å². The van der Waals surface area contributed by atoms with Crippen LogP contribution in [0.15, 0.2) is 65.1 Å². The van der Waals surface area contributed by atoms with Crippen LogP contribution in [0.5, 0.6) is 11.5 Å². The molecule has 0 saturated heterocycles. The van der Waals surface area contributed by atoms with Crippen molar-refractivity contribution in [1.82, 2.24) is 5.32 Å². The summed E-state index contributed by atoms with van der Waals surface area (Å²) in [6.07, 6.45) is 0. The van der Waals surface area contributed by atoms with Crippen LogP contribution < -0.4 is 10.1 Å². The first-order valence-electron chi connectivity index (χ1n) is 7.46. The third-order valence-corrected chi connectivity index (χ3v) is 3.57. The molecular weight excluding hydrogens is 306 g/mol. The summed E-state index contributed by atoms with van der Waals surface area (Å²) in [7, 11) is 1.61. The van der Waals surface area contributed by atoms with Crippen molar-refractivity contribution in [2.75, 3.05) is 7.11 Å². The number of aromatic hydroxyl groups is 1. The van der Waals surface area contributed by atoms with Gasteiger partial charge in [0, 0.05) is 12.1 Å². The highest BCUT2D eigenvalue weighted by Gasteiger charge is 2.12. The third kappa shape index (κ3) is 3.57. The molecule has 0 saturated carbocycles. The number of amides is 1. The molecule has 122 valence electrons. The van der Waals surface area contributed by atoms with E-state index in [4.69, 9.17) is 9.15 Å². The zero-order chi connectivity index (χ0) is 16.9. The molecule has 0 bridgehead atoms. The van der Waals surface area contributed by atoms with Crippen molar-refractivity contribution in [3.05, 3.63) is 72.0 Å². The monoisotopic (exact) mass is 323 g/mol. The van der Waals surface area contributed by atoms with Gasteiger partial charge in [0.25, 0.3) is 5.91 Å². The maximum atomic E-state index is 12.2. The number of phenolic OH excluding ortho intramolecular Hbond substituents is 1. The molecular formula is C19H17NO4. The van der Waals surface area contributed by atoms with Crippen molar-refractivity contribution in [2.24, 2.45) is 0 Å². The highest BCUT2D eigenvalue weighted by molar-refractivity contribution is 5.92. The van der Waals surface area contributed by atoms with Gasteiger partial charge in [-0.25, -0.2) is 0 Å². The lowest BCUT2D eigenvalue weighted by Gasteiger charge is -2.04. The number of carbonyl (C=O) groups is 1. The second-order valence-corrected chi connectivity index (χ2v) is 5.24. The first-order valence-corrected chi connectivity index (χ1v) is 7.46. The van der Waals surface area contributed by atoms with E-state index in [9.17, 15) is 9.90 Å². The molecule has 5 heteroatoms. The Bertz CT molecular complexity index is 837. The Morgan fingerprint density at radius 3 is 2.62 bits per heavy atom. The number of phenols is 1. The van der Waals surface area contributed by atoms with Crippen molar-refractivity contribution in [2.45, 2.75) is 6.54 Å². The number of methoxy groups -OCH3 is 1. The molecule has 0 radical (unpaired) electrons. The average molecular weight is 323 g/mol. The Morgan fingerprint density at radius 1 is 1.12 bits per heavy atom. The number of benzene rings is 2. The predicted octanol–water partition coefficient (Wildman–Crippen LogP) is 3.59. The van der Waals surface area contributed by atoms with Gasteiger partial charge in [-0.05, 0) is 54.1 Å². The lowest BCUT2D eigenvalue weighted by atomic mass is 10.2. The molecule has 0 fully saturated rings. The van der Waals surface area contributed by atoms with E-state index in [2.05, 4.69) is 5.32 Å². The normalized spacial score (nSPS) is 10.4. The quantitative estimate of drug-likeness (QED) is 0.752. The van der Waals surface area contributed by atoms with Crippen LogP contribution in [0.1, 0.15) is 16.1 Å². The Labute approximate surface area is 139 Å². The van der Waals surface area contributed by atoms with Crippen LogP contribution in [0, 0.1) is 0 Å². The maximum absolute atomic E-state index is 12.2. The molecule has 0 spiro atoms. The molecule has 1 heterocycles. The van der Waals surface area contributed by atoms with Gasteiger partial charge >= 0.3 is 0 Å². The lowest BCUT2D eigenvalue weighted by Crippen LogP contribution is -2.22. The lowest BCUT2D eigenvalue weighted by molar-refractivity contribution is 0.0924. The van der Waals surface area contributed by atoms with Gasteiger partial charge in [0.05, 0.1) is 7.11 Å². The molecule has 24 heavy (non-hydrogen) atoms. The number of nitrogens with one attached hydrogen (secondary N) is 1. The van der Waals surface area contributed by atoms with E-state index < -0.39 is 0 Å². The molecule has 0 aliphatic rings. The second kappa shape index (κ2) is 6.91. The molecule has 0 aliphatic carbocycles. The molecule has 1 amide bonds. The van der Waals surface area contributed by atoms with E-state index >= 15 is 0 Å². The second-order valence-electron chi connectivity index (χ2n) is 5.24. The minimum absolute atomic E-state index is 0.168. The summed E-state index contributed by atoms with van der Waals surface area (Å²) in [6, 6.07) is 17.5. The van der Waals surface area contributed by atoms with E-state index in [1.165, 1.54) is 0 Å². The standard InChI is InChI=1S/C19H17NO4/c1-23-16-7-5-14(6-8-16)17-9-10-18(24-17)19(22)20-12-13-3-2-4-15(21)11-13/h2-11,21H,12H2,1H3,(H,20,22). The van der Waals surface area contributed by atoms with Gasteiger partial charge in [0.1, 0.15) is 17.3 Å². The van der Waals surface area contributed by atoms with Crippen LogP contribution in [-0.2, 0) is 6.54 Å². The molecule has 0 unspecified atom stereocenters. The molecule has 3 aromatic rings. The summed E-state index contributed by atoms with van der Waals surface area (Å²) in [5.74, 6) is 1.47. The van der Waals surface area contributed by atoms with Gasteiger partial charge in [-0.1, -0.05) is 12.1 Å². The van der Waals surface area contributed by atoms with E-state index in [1.54, 1.807) is 37.4 Å². The van der Waals surface area contributed by atoms with Crippen LogP contribution >= 0.6 is 0 Å². The topological polar surface area (TPSA) is 71.7 Å². The van der Waals surface area contributed by atoms with Crippen LogP contribution in [0.3, 0.4) is 0 Å². The third-order valence-electron chi connectivity index (χ3n) is 3.57. The van der Waals surface area contributed by atoms with E-state index in [0.717, 1.165) is 16.9 Å². The van der Waals surface area contributed by atoms with Crippen molar-refractivity contribution in [3.8, 4) is 22.8 Å². The van der Waals surface area contributed by atoms with Crippen molar-refractivity contribution in [3.63, 3.8) is 0 Å². The number of carbonyl (C=O) groups excluding carboxylic acids is 1. The fraction of sp³-hybridized carbons (Fsp3) is 0.105. The van der Waals surface area contributed by atoms with Gasteiger partial charge in [-0.2, -0.15) is 0 Å². The zero-order valence-electron chi connectivity index (χ0n) is 13.2. The summed E-state index contributed by atoms with van der Waals surface area (Å²) in [5.41, 5.74) is 1.67. The number of rotatable bonds is 5. The van der Waals surface area contributed by atoms with Crippen LogP contribution in [0.2, 0.25) is 0 Å². The molecule has 3 rings (SSSR count). The molecule has 2 N–H and O–H groups in total. The first-order chi connectivity index (χ1) is 11.7. The van der Waals surface area contributed by atoms with Gasteiger partial charge < -0.3 is 19.6 Å². The average Bonchev–Trinajstić information content (AvgIpc) is 3.10. The Morgan fingerprint density at radius 2 is 1.92 bits per heavy atom. The Hall–Kier alpha value is -3.21. The van der Waals surface area contributed by atoms with Gasteiger partial charge in [0.2, 0.25) is 0 Å². The Kier molecular flexibility index (Phi) is 4.52. The van der Waals surface area contributed by atoms with Crippen LogP contribution in [0.4, 0.5) is 0 Å². The SMILES string of the molecule is COc1ccc(-c2ccc(C(=O)NCc3cccc(O)c3)o2)cc1. The maximum Gasteiger partial charge on any atom is 0.287 e. The minimum atomic E-state index is -0.307. The highest BCUT2D eigenvalue weighted by Crippen LogP contribution is 2.24. The number of hydrogen-bond donors (Lipinski definition) is 2. The smallest absolute Gasteiger partial charge is 0.287 e. The fourth-order valence-electron chi connectivity index (χ4n) is 2.31. The van der Waals surface area contributed by atoms with Crippen molar-refractivity contribution >= 4 is 5.91 Å². The fourth-order valence-corrected chi connectivity index (χ4v) is 2.31. The Balaban J connectivity index is 1.66. The van der Waals surface area contributed by atoms with Gasteiger partial charge in [0.15, 0.2) is 5.76 Å². The summed E-state index contributed by atoms with van der Waals surface area (Å²) < 4.78 is 10.7. The van der Waals surface area contributed by atoms with Crippen molar-refractivity contribution in [1.29, 1.82) is 0 Å². The van der Waals surface area contributed by atoms with Gasteiger partial charge in [-0.3, -0.25) is 4.79 Å². The van der Waals surface area contributed by atoms with Crippen molar-refractivity contribution < 1.29 is 19.1 Å². The van der Waals surface area contributed by atoms with E-state index in [1.807, 2.05) is 30.3 Å². The number of furan rings is 1. The van der Waals surface area contributed by atoms with Crippen LogP contribution in [0.25, 0.3) is 11.3 Å². The summed E-state index contributed by atoms with van der Waals surface area (Å²) in [4.78, 5) is 12.2. The summed E-state index contributed by atoms with van der Waals surface area (Å²) in [6.45, 7) is 0.311. The number of hydrogen-bond acceptors (Lipinski definition) is 4. The molecule has 0 aliphatic heterocycles. The first kappa shape index (κ1) is 15.7. The van der Waals surface area contributed by atoms with E-state index in [-0.39, 0.29) is 17.4 Å². The molecule has 1 aromatic heterocycles. The minimum Gasteiger partial charge on any atom is -0.508 e. The highest BCUT2D eigenvalue weighted by atomic mass is 16.5. The molecule has 2 aromatic carbocycles. The zero-order valence-corrected chi connectivity index (χ0v) is 13.2. The molecule has 0 atom stereocenters.